The van der Waals surface area contributed by atoms with E-state index in [2.05, 4.69) is 4.74 Å². The van der Waals surface area contributed by atoms with E-state index in [4.69, 9.17) is 16.7 Å². The van der Waals surface area contributed by atoms with Crippen LogP contribution in [0.3, 0.4) is 0 Å². The number of rotatable bonds is 1. The summed E-state index contributed by atoms with van der Waals surface area (Å²) in [5.74, 6) is 0. The van der Waals surface area contributed by atoms with E-state index in [1.807, 2.05) is 0 Å². The molecule has 5 heteroatoms. The Morgan fingerprint density at radius 2 is 2.44 bits per heavy atom. The van der Waals surface area contributed by atoms with Gasteiger partial charge in [-0.25, -0.2) is 9.18 Å². The van der Waals surface area contributed by atoms with Crippen molar-refractivity contribution >= 4 is 17.8 Å². The Morgan fingerprint density at radius 1 is 2.00 bits per heavy atom. The number of halogens is 2. The molecule has 1 aliphatic carbocycles. The lowest BCUT2D eigenvalue weighted by Gasteiger charge is -1.95. The van der Waals surface area contributed by atoms with E-state index < -0.39 is 17.4 Å². The Balaban J connectivity index is 2.28. The summed E-state index contributed by atoms with van der Waals surface area (Å²) in [4.78, 5) is 9.69. The molecule has 0 aromatic carbocycles. The van der Waals surface area contributed by atoms with Crippen molar-refractivity contribution < 1.29 is 19.0 Å². The second-order valence-electron chi connectivity index (χ2n) is 1.84. The summed E-state index contributed by atoms with van der Waals surface area (Å²) in [5.41, 5.74) is 0. The molecule has 0 unspecified atom stereocenters. The van der Waals surface area contributed by atoms with Gasteiger partial charge in [0.1, 0.15) is 0 Å². The lowest BCUT2D eigenvalue weighted by atomic mass is 10.8. The van der Waals surface area contributed by atoms with E-state index >= 15 is 0 Å². The van der Waals surface area contributed by atoms with Crippen molar-refractivity contribution in [1.29, 1.82) is 0 Å². The van der Waals surface area contributed by atoms with Gasteiger partial charge in [-0.3, -0.25) is 0 Å². The lowest BCUT2D eigenvalue weighted by Crippen LogP contribution is -2.07. The molecule has 0 aromatic rings. The van der Waals surface area contributed by atoms with Crippen LogP contribution in [-0.4, -0.2) is 22.5 Å². The Labute approximate surface area is 55.4 Å². The molecular weight excluding hydrogens is 150 g/mol. The van der Waals surface area contributed by atoms with Crippen molar-refractivity contribution in [2.45, 2.75) is 17.7 Å². The van der Waals surface area contributed by atoms with Crippen LogP contribution in [0.4, 0.5) is 9.18 Å². The van der Waals surface area contributed by atoms with Crippen LogP contribution in [0.15, 0.2) is 0 Å². The minimum absolute atomic E-state index is 0.0408. The van der Waals surface area contributed by atoms with Crippen LogP contribution in [0.2, 0.25) is 0 Å². The minimum atomic E-state index is -1.93. The molecule has 52 valence electrons. The molecule has 1 saturated carbocycles. The monoisotopic (exact) mass is 154 g/mol. The van der Waals surface area contributed by atoms with Crippen LogP contribution in [0.25, 0.3) is 0 Å². The molecule has 0 radical (unpaired) electrons. The van der Waals surface area contributed by atoms with E-state index in [1.165, 1.54) is 0 Å². The predicted octanol–water partition coefficient (Wildman–Crippen LogP) is 1.36. The summed E-state index contributed by atoms with van der Waals surface area (Å²) in [6.07, 6.45) is -2.49. The fourth-order valence-corrected chi connectivity index (χ4v) is 0.623. The molecule has 0 saturated heterocycles. The highest BCUT2D eigenvalue weighted by atomic mass is 35.5. The number of ether oxygens (including phenoxy) is 1. The third kappa shape index (κ3) is 1.45. The SMILES string of the molecule is O=C(O)O[C@H]1C[C@]1(F)Cl. The smallest absolute Gasteiger partial charge is 0.450 e. The van der Waals surface area contributed by atoms with Crippen molar-refractivity contribution in [3.05, 3.63) is 0 Å². The zero-order valence-corrected chi connectivity index (χ0v) is 5.06. The van der Waals surface area contributed by atoms with Gasteiger partial charge in [-0.15, -0.1) is 0 Å². The summed E-state index contributed by atoms with van der Waals surface area (Å²) in [6, 6.07) is 0. The van der Waals surface area contributed by atoms with E-state index in [-0.39, 0.29) is 6.42 Å². The topological polar surface area (TPSA) is 46.5 Å². The van der Waals surface area contributed by atoms with Gasteiger partial charge in [-0.2, -0.15) is 0 Å². The summed E-state index contributed by atoms with van der Waals surface area (Å²) in [5, 5.41) is 5.98. The Bertz CT molecular complexity index is 147. The largest absolute Gasteiger partial charge is 0.506 e. The summed E-state index contributed by atoms with van der Waals surface area (Å²) in [7, 11) is 0. The van der Waals surface area contributed by atoms with Gasteiger partial charge in [0.2, 0.25) is 5.13 Å². The number of carboxylic acid groups (broad SMARTS) is 1. The number of carbonyl (C=O) groups is 1. The van der Waals surface area contributed by atoms with Crippen LogP contribution in [0.5, 0.6) is 0 Å². The molecule has 9 heavy (non-hydrogen) atoms. The fourth-order valence-electron chi connectivity index (χ4n) is 0.438. The third-order valence-electron chi connectivity index (χ3n) is 1.01. The van der Waals surface area contributed by atoms with Gasteiger partial charge >= 0.3 is 6.16 Å². The molecule has 2 atom stereocenters. The van der Waals surface area contributed by atoms with Gasteiger partial charge in [0.25, 0.3) is 0 Å². The van der Waals surface area contributed by atoms with Gasteiger partial charge in [-0.1, -0.05) is 11.6 Å². The van der Waals surface area contributed by atoms with Crippen molar-refractivity contribution in [2.24, 2.45) is 0 Å². The standard InChI is InChI=1S/C4H4ClFO3/c5-4(6)1-2(4)9-3(7)8/h2H,1H2,(H,7,8)/t2-,4+/m0/s1. The molecule has 0 spiro atoms. The summed E-state index contributed by atoms with van der Waals surface area (Å²) in [6.45, 7) is 0. The first-order valence-corrected chi connectivity index (χ1v) is 2.67. The molecule has 1 rings (SSSR count). The number of hydrogen-bond acceptors (Lipinski definition) is 2. The highest BCUT2D eigenvalue weighted by molar-refractivity contribution is 6.25. The maximum atomic E-state index is 12.2. The molecule has 0 bridgehead atoms. The van der Waals surface area contributed by atoms with E-state index in [0.717, 1.165) is 0 Å². The van der Waals surface area contributed by atoms with Gasteiger partial charge < -0.3 is 9.84 Å². The zero-order valence-electron chi connectivity index (χ0n) is 4.30. The van der Waals surface area contributed by atoms with Crippen LogP contribution in [-0.2, 0) is 4.74 Å². The lowest BCUT2D eigenvalue weighted by molar-refractivity contribution is 0.0742. The van der Waals surface area contributed by atoms with Gasteiger partial charge in [0, 0.05) is 6.42 Å². The quantitative estimate of drug-likeness (QED) is 0.458. The molecule has 1 N–H and O–H groups in total. The van der Waals surface area contributed by atoms with Crippen LogP contribution in [0.1, 0.15) is 6.42 Å². The predicted molar refractivity (Wildman–Crippen MR) is 27.2 cm³/mol. The van der Waals surface area contributed by atoms with E-state index in [9.17, 15) is 9.18 Å². The zero-order chi connectivity index (χ0) is 7.07. The molecule has 1 aliphatic rings. The fraction of sp³-hybridized carbons (Fsp3) is 0.750. The van der Waals surface area contributed by atoms with Gasteiger partial charge in [0.05, 0.1) is 0 Å². The maximum Gasteiger partial charge on any atom is 0.506 e. The minimum Gasteiger partial charge on any atom is -0.450 e. The van der Waals surface area contributed by atoms with Crippen molar-refractivity contribution in [3.8, 4) is 0 Å². The molecular formula is C4H4ClFO3. The van der Waals surface area contributed by atoms with Crippen LogP contribution >= 0.6 is 11.6 Å². The first-order chi connectivity index (χ1) is 4.02. The second kappa shape index (κ2) is 1.73. The molecule has 0 aromatic heterocycles. The molecule has 1 fully saturated rings. The highest BCUT2D eigenvalue weighted by Gasteiger charge is 2.58. The Morgan fingerprint density at radius 3 is 2.56 bits per heavy atom. The first kappa shape index (κ1) is 6.61. The molecule has 0 aliphatic heterocycles. The van der Waals surface area contributed by atoms with Crippen molar-refractivity contribution in [2.75, 3.05) is 0 Å². The normalized spacial score (nSPS) is 40.0. The summed E-state index contributed by atoms with van der Waals surface area (Å²) >= 11 is 5.00. The van der Waals surface area contributed by atoms with Crippen molar-refractivity contribution in [3.63, 3.8) is 0 Å². The van der Waals surface area contributed by atoms with E-state index in [1.54, 1.807) is 0 Å². The molecule has 0 heterocycles. The number of alkyl halides is 2. The maximum absolute atomic E-state index is 12.2. The van der Waals surface area contributed by atoms with Crippen LogP contribution in [0, 0.1) is 0 Å². The second-order valence-corrected chi connectivity index (χ2v) is 2.47. The van der Waals surface area contributed by atoms with Crippen molar-refractivity contribution in [1.82, 2.24) is 0 Å². The summed E-state index contributed by atoms with van der Waals surface area (Å²) < 4.78 is 16.2. The van der Waals surface area contributed by atoms with E-state index in [0.29, 0.717) is 0 Å². The average molecular weight is 155 g/mol. The van der Waals surface area contributed by atoms with Gasteiger partial charge in [0.15, 0.2) is 6.10 Å². The molecule has 0 amide bonds. The van der Waals surface area contributed by atoms with Gasteiger partial charge in [-0.05, 0) is 0 Å². The van der Waals surface area contributed by atoms with Crippen LogP contribution < -0.4 is 0 Å². The first-order valence-electron chi connectivity index (χ1n) is 2.30. The average Bonchev–Trinajstić information content (AvgIpc) is 2.10. The Hall–Kier alpha value is -0.510. The third-order valence-corrected chi connectivity index (χ3v) is 1.41. The molecule has 3 nitrogen and oxygen atoms in total. The highest BCUT2D eigenvalue weighted by Crippen LogP contribution is 2.46. The Kier molecular flexibility index (Phi) is 1.27. The number of hydrogen-bond donors (Lipinski definition) is 1.